The second kappa shape index (κ2) is 10.0. The zero-order valence-corrected chi connectivity index (χ0v) is 15.5. The van der Waals surface area contributed by atoms with Crippen LogP contribution in [0.15, 0.2) is 48.5 Å². The summed E-state index contributed by atoms with van der Waals surface area (Å²) in [4.78, 5) is 23.5. The molecule has 0 aliphatic rings. The molecule has 0 aliphatic carbocycles. The predicted molar refractivity (Wildman–Crippen MR) is 91.4 cm³/mol. The Balaban J connectivity index is 1.71. The SMILES string of the molecule is O=C(CCCC(=O)Oc1ccc(OC(F)(F)F)cc1)Oc1ccc(OC(F)(F)F)cc1. The lowest BCUT2D eigenvalue weighted by atomic mass is 10.2. The minimum Gasteiger partial charge on any atom is -0.427 e. The highest BCUT2D eigenvalue weighted by Gasteiger charge is 2.31. The number of hydrogen-bond donors (Lipinski definition) is 0. The van der Waals surface area contributed by atoms with E-state index in [2.05, 4.69) is 9.47 Å². The van der Waals surface area contributed by atoms with Crippen LogP contribution < -0.4 is 18.9 Å². The first kappa shape index (κ1) is 23.8. The highest BCUT2D eigenvalue weighted by Crippen LogP contribution is 2.26. The summed E-state index contributed by atoms with van der Waals surface area (Å²) in [5.74, 6) is -2.44. The van der Waals surface area contributed by atoms with Crippen LogP contribution in [0, 0.1) is 0 Å². The Kier molecular flexibility index (Phi) is 7.72. The summed E-state index contributed by atoms with van der Waals surface area (Å²) in [7, 11) is 0. The summed E-state index contributed by atoms with van der Waals surface area (Å²) in [6.45, 7) is 0. The highest BCUT2D eigenvalue weighted by atomic mass is 19.4. The molecule has 31 heavy (non-hydrogen) atoms. The number of alkyl halides is 6. The van der Waals surface area contributed by atoms with Gasteiger partial charge in [0.1, 0.15) is 23.0 Å². The molecular formula is C19H14F6O6. The van der Waals surface area contributed by atoms with Crippen molar-refractivity contribution >= 4 is 11.9 Å². The van der Waals surface area contributed by atoms with Crippen LogP contribution in [0.25, 0.3) is 0 Å². The van der Waals surface area contributed by atoms with Gasteiger partial charge in [0, 0.05) is 12.8 Å². The summed E-state index contributed by atoms with van der Waals surface area (Å²) in [5, 5.41) is 0. The molecule has 0 saturated carbocycles. The summed E-state index contributed by atoms with van der Waals surface area (Å²) >= 11 is 0. The standard InChI is InChI=1S/C19H14F6O6/c20-18(21,22)30-14-8-4-12(5-9-14)28-16(26)2-1-3-17(27)29-13-6-10-15(11-7-13)31-19(23,24)25/h4-11H,1-3H2. The zero-order valence-electron chi connectivity index (χ0n) is 15.5. The molecule has 0 aliphatic heterocycles. The molecule has 2 rings (SSSR count). The highest BCUT2D eigenvalue weighted by molar-refractivity contribution is 5.75. The number of hydrogen-bond acceptors (Lipinski definition) is 6. The van der Waals surface area contributed by atoms with Crippen LogP contribution in [0.3, 0.4) is 0 Å². The van der Waals surface area contributed by atoms with Gasteiger partial charge >= 0.3 is 24.7 Å². The minimum atomic E-state index is -4.84. The van der Waals surface area contributed by atoms with E-state index in [-0.39, 0.29) is 30.8 Å². The second-order valence-electron chi connectivity index (χ2n) is 5.84. The molecule has 0 amide bonds. The monoisotopic (exact) mass is 452 g/mol. The summed E-state index contributed by atoms with van der Waals surface area (Å²) < 4.78 is 89.7. The topological polar surface area (TPSA) is 71.1 Å². The summed E-state index contributed by atoms with van der Waals surface area (Å²) in [6, 6.07) is 8.32. The quantitative estimate of drug-likeness (QED) is 0.313. The maximum atomic E-state index is 12.1. The van der Waals surface area contributed by atoms with Crippen molar-refractivity contribution < 1.29 is 54.9 Å². The van der Waals surface area contributed by atoms with Crippen molar-refractivity contribution in [3.8, 4) is 23.0 Å². The van der Waals surface area contributed by atoms with Gasteiger partial charge in [-0.1, -0.05) is 0 Å². The van der Waals surface area contributed by atoms with E-state index in [4.69, 9.17) is 9.47 Å². The van der Waals surface area contributed by atoms with Gasteiger partial charge < -0.3 is 18.9 Å². The minimum absolute atomic E-state index is 0.0109. The third-order valence-electron chi connectivity index (χ3n) is 3.34. The van der Waals surface area contributed by atoms with Gasteiger partial charge in [0.25, 0.3) is 0 Å². The van der Waals surface area contributed by atoms with Crippen LogP contribution in [-0.2, 0) is 9.59 Å². The van der Waals surface area contributed by atoms with Crippen molar-refractivity contribution in [1.82, 2.24) is 0 Å². The Hall–Kier alpha value is -3.44. The fourth-order valence-electron chi connectivity index (χ4n) is 2.16. The maximum Gasteiger partial charge on any atom is 0.573 e. The number of carbonyl (C=O) groups excluding carboxylic acids is 2. The first-order valence-corrected chi connectivity index (χ1v) is 8.52. The van der Waals surface area contributed by atoms with Crippen LogP contribution in [0.2, 0.25) is 0 Å². The molecule has 0 bridgehead atoms. The van der Waals surface area contributed by atoms with E-state index in [0.29, 0.717) is 0 Å². The average Bonchev–Trinajstić information content (AvgIpc) is 2.62. The van der Waals surface area contributed by atoms with Gasteiger partial charge in [0.2, 0.25) is 0 Å². The lowest BCUT2D eigenvalue weighted by Crippen LogP contribution is -2.17. The van der Waals surface area contributed by atoms with Crippen molar-refractivity contribution in [2.24, 2.45) is 0 Å². The molecule has 0 atom stereocenters. The number of rotatable bonds is 8. The van der Waals surface area contributed by atoms with E-state index in [1.165, 1.54) is 0 Å². The molecule has 2 aromatic carbocycles. The zero-order chi connectivity index (χ0) is 23.1. The summed E-state index contributed by atoms with van der Waals surface area (Å²) in [6.07, 6.45) is -10.0. The van der Waals surface area contributed by atoms with Crippen molar-refractivity contribution in [2.75, 3.05) is 0 Å². The molecule has 0 unspecified atom stereocenters. The Morgan fingerprint density at radius 1 is 0.581 bits per heavy atom. The third-order valence-corrected chi connectivity index (χ3v) is 3.34. The van der Waals surface area contributed by atoms with Gasteiger partial charge in [-0.2, -0.15) is 0 Å². The smallest absolute Gasteiger partial charge is 0.427 e. The van der Waals surface area contributed by atoms with Gasteiger partial charge in [-0.15, -0.1) is 26.3 Å². The van der Waals surface area contributed by atoms with Gasteiger partial charge in [-0.05, 0) is 55.0 Å². The number of benzene rings is 2. The van der Waals surface area contributed by atoms with E-state index >= 15 is 0 Å². The van der Waals surface area contributed by atoms with E-state index in [0.717, 1.165) is 48.5 Å². The van der Waals surface area contributed by atoms with E-state index in [1.807, 2.05) is 0 Å². The lowest BCUT2D eigenvalue weighted by Gasteiger charge is -2.10. The van der Waals surface area contributed by atoms with Crippen LogP contribution in [0.4, 0.5) is 26.3 Å². The molecular weight excluding hydrogens is 438 g/mol. The third kappa shape index (κ3) is 9.74. The lowest BCUT2D eigenvalue weighted by molar-refractivity contribution is -0.275. The normalized spacial score (nSPS) is 11.5. The molecule has 0 spiro atoms. The molecule has 6 nitrogen and oxygen atoms in total. The van der Waals surface area contributed by atoms with Crippen LogP contribution in [0.5, 0.6) is 23.0 Å². The van der Waals surface area contributed by atoms with Crippen molar-refractivity contribution in [2.45, 2.75) is 32.0 Å². The number of carbonyl (C=O) groups is 2. The van der Waals surface area contributed by atoms with Crippen LogP contribution in [-0.4, -0.2) is 24.7 Å². The summed E-state index contributed by atoms with van der Waals surface area (Å²) in [5.41, 5.74) is 0. The van der Waals surface area contributed by atoms with E-state index < -0.39 is 36.2 Å². The molecule has 0 fully saturated rings. The molecule has 0 N–H and O–H groups in total. The predicted octanol–water partition coefficient (Wildman–Crippen LogP) is 5.17. The molecule has 168 valence electrons. The first-order chi connectivity index (χ1) is 14.4. The van der Waals surface area contributed by atoms with Gasteiger partial charge in [0.15, 0.2) is 0 Å². The van der Waals surface area contributed by atoms with Gasteiger partial charge in [-0.25, -0.2) is 0 Å². The number of halogens is 6. The Morgan fingerprint density at radius 3 is 1.16 bits per heavy atom. The fraction of sp³-hybridized carbons (Fsp3) is 0.263. The second-order valence-corrected chi connectivity index (χ2v) is 5.84. The number of ether oxygens (including phenoxy) is 4. The van der Waals surface area contributed by atoms with Gasteiger partial charge in [-0.3, -0.25) is 9.59 Å². The van der Waals surface area contributed by atoms with Crippen molar-refractivity contribution in [3.05, 3.63) is 48.5 Å². The van der Waals surface area contributed by atoms with Crippen LogP contribution in [0.1, 0.15) is 19.3 Å². The molecule has 0 radical (unpaired) electrons. The van der Waals surface area contributed by atoms with E-state index in [1.54, 1.807) is 0 Å². The molecule has 0 heterocycles. The largest absolute Gasteiger partial charge is 0.573 e. The Labute approximate surface area is 171 Å². The average molecular weight is 452 g/mol. The molecule has 12 heteroatoms. The first-order valence-electron chi connectivity index (χ1n) is 8.52. The maximum absolute atomic E-state index is 12.1. The van der Waals surface area contributed by atoms with Gasteiger partial charge in [0.05, 0.1) is 0 Å². The van der Waals surface area contributed by atoms with Crippen molar-refractivity contribution in [3.63, 3.8) is 0 Å². The Bertz CT molecular complexity index is 801. The Morgan fingerprint density at radius 2 is 0.871 bits per heavy atom. The molecule has 0 aromatic heterocycles. The molecule has 2 aromatic rings. The van der Waals surface area contributed by atoms with E-state index in [9.17, 15) is 35.9 Å². The van der Waals surface area contributed by atoms with Crippen LogP contribution >= 0.6 is 0 Å². The fourth-order valence-corrected chi connectivity index (χ4v) is 2.16. The number of esters is 2. The van der Waals surface area contributed by atoms with Crippen molar-refractivity contribution in [1.29, 1.82) is 0 Å². The molecule has 0 saturated heterocycles.